The summed E-state index contributed by atoms with van der Waals surface area (Å²) >= 11 is 0. The first kappa shape index (κ1) is 16.8. The number of halogens is 2. The maximum atomic E-state index is 14.3. The number of ether oxygens (including phenoxy) is 2. The van der Waals surface area contributed by atoms with Crippen LogP contribution in [0, 0.1) is 5.92 Å². The van der Waals surface area contributed by atoms with Crippen LogP contribution in [0.2, 0.25) is 0 Å². The van der Waals surface area contributed by atoms with E-state index in [-0.39, 0.29) is 24.6 Å². The largest absolute Gasteiger partial charge is 0.383 e. The molecule has 19 heavy (non-hydrogen) atoms. The van der Waals surface area contributed by atoms with E-state index in [9.17, 15) is 8.78 Å². The fourth-order valence-corrected chi connectivity index (χ4v) is 2.78. The second kappa shape index (κ2) is 6.92. The van der Waals surface area contributed by atoms with Gasteiger partial charge in [0.1, 0.15) is 0 Å². The Balaban J connectivity index is 2.73. The summed E-state index contributed by atoms with van der Waals surface area (Å²) in [5.41, 5.74) is 0. The Kier molecular flexibility index (Phi) is 6.11. The Labute approximate surface area is 114 Å². The fourth-order valence-electron chi connectivity index (χ4n) is 2.78. The molecule has 0 aromatic heterocycles. The predicted octanol–water partition coefficient (Wildman–Crippen LogP) is 1.86. The predicted molar refractivity (Wildman–Crippen MR) is 70.2 cm³/mol. The molecule has 1 aliphatic rings. The summed E-state index contributed by atoms with van der Waals surface area (Å²) in [6, 6.07) is -0.326. The summed E-state index contributed by atoms with van der Waals surface area (Å²) in [6.07, 6.45) is -3.13. The van der Waals surface area contributed by atoms with Crippen molar-refractivity contribution in [3.05, 3.63) is 0 Å². The first-order valence-electron chi connectivity index (χ1n) is 6.77. The number of hydrogen-bond acceptors (Lipinski definition) is 4. The van der Waals surface area contributed by atoms with Gasteiger partial charge in [-0.05, 0) is 12.8 Å². The average molecular weight is 280 g/mol. The van der Waals surface area contributed by atoms with Crippen LogP contribution in [0.4, 0.5) is 8.78 Å². The monoisotopic (exact) mass is 280 g/mol. The van der Waals surface area contributed by atoms with E-state index in [0.717, 1.165) is 0 Å². The van der Waals surface area contributed by atoms with Crippen LogP contribution in [0.3, 0.4) is 0 Å². The second-order valence-corrected chi connectivity index (χ2v) is 5.37. The zero-order valence-corrected chi connectivity index (χ0v) is 12.5. The molecular weight excluding hydrogens is 254 g/mol. The number of alkyl halides is 2. The molecule has 2 unspecified atom stereocenters. The van der Waals surface area contributed by atoms with Crippen molar-refractivity contribution in [2.24, 2.45) is 5.92 Å². The Hall–Kier alpha value is -0.300. The highest BCUT2D eigenvalue weighted by Crippen LogP contribution is 2.33. The molecular formula is C13H26F2N2O2. The van der Waals surface area contributed by atoms with Crippen LogP contribution in [-0.4, -0.2) is 68.6 Å². The van der Waals surface area contributed by atoms with Gasteiger partial charge in [-0.25, -0.2) is 9.80 Å². The maximum Gasteiger partial charge on any atom is 0.370 e. The summed E-state index contributed by atoms with van der Waals surface area (Å²) in [7, 11) is 3.10. The summed E-state index contributed by atoms with van der Waals surface area (Å²) in [5, 5.41) is 0. The van der Waals surface area contributed by atoms with Crippen LogP contribution < -0.4 is 0 Å². The van der Waals surface area contributed by atoms with Gasteiger partial charge < -0.3 is 9.47 Å². The van der Waals surface area contributed by atoms with E-state index in [1.54, 1.807) is 7.11 Å². The molecule has 114 valence electrons. The van der Waals surface area contributed by atoms with Gasteiger partial charge in [-0.15, -0.1) is 0 Å². The van der Waals surface area contributed by atoms with Gasteiger partial charge in [0.2, 0.25) is 0 Å². The van der Waals surface area contributed by atoms with Crippen LogP contribution in [0.1, 0.15) is 20.8 Å². The van der Waals surface area contributed by atoms with Crippen LogP contribution in [0.5, 0.6) is 0 Å². The number of methoxy groups -OCH3 is 2. The van der Waals surface area contributed by atoms with Crippen molar-refractivity contribution in [1.82, 2.24) is 9.80 Å². The van der Waals surface area contributed by atoms with E-state index in [1.165, 1.54) is 16.9 Å². The van der Waals surface area contributed by atoms with Crippen molar-refractivity contribution in [3.63, 3.8) is 0 Å². The van der Waals surface area contributed by atoms with E-state index < -0.39 is 6.17 Å². The third-order valence-corrected chi connectivity index (χ3v) is 3.80. The van der Waals surface area contributed by atoms with Crippen LogP contribution in [-0.2, 0) is 9.47 Å². The van der Waals surface area contributed by atoms with Gasteiger partial charge in [0.05, 0.1) is 12.7 Å². The lowest BCUT2D eigenvalue weighted by atomic mass is 9.99. The third kappa shape index (κ3) is 3.62. The molecule has 1 heterocycles. The zero-order valence-electron chi connectivity index (χ0n) is 12.5. The van der Waals surface area contributed by atoms with Crippen molar-refractivity contribution in [1.29, 1.82) is 0 Å². The molecule has 0 aromatic rings. The molecule has 0 aliphatic carbocycles. The van der Waals surface area contributed by atoms with E-state index >= 15 is 0 Å². The standard InChI is InChI=1S/C13H26F2N2O2/c1-10(2)12(19-5)11(3)17-7-6-16(8-9-18-4)13(17,14)15/h10-12H,6-9H2,1-5H3. The third-order valence-electron chi connectivity index (χ3n) is 3.80. The summed E-state index contributed by atoms with van der Waals surface area (Å²) in [4.78, 5) is 2.40. The Morgan fingerprint density at radius 2 is 1.79 bits per heavy atom. The van der Waals surface area contributed by atoms with Gasteiger partial charge in [-0.1, -0.05) is 13.8 Å². The van der Waals surface area contributed by atoms with E-state index in [2.05, 4.69) is 0 Å². The average Bonchev–Trinajstić information content (AvgIpc) is 2.61. The number of rotatable bonds is 7. The molecule has 0 bridgehead atoms. The molecule has 1 aliphatic heterocycles. The van der Waals surface area contributed by atoms with Crippen molar-refractivity contribution >= 4 is 0 Å². The lowest BCUT2D eigenvalue weighted by Crippen LogP contribution is -2.54. The minimum absolute atomic E-state index is 0.198. The molecule has 0 saturated carbocycles. The smallest absolute Gasteiger partial charge is 0.370 e. The zero-order chi connectivity index (χ0) is 14.6. The van der Waals surface area contributed by atoms with Crippen molar-refractivity contribution < 1.29 is 18.3 Å². The van der Waals surface area contributed by atoms with Crippen LogP contribution in [0.15, 0.2) is 0 Å². The molecule has 0 amide bonds. The van der Waals surface area contributed by atoms with Gasteiger partial charge in [-0.2, -0.15) is 8.78 Å². The van der Waals surface area contributed by atoms with Crippen molar-refractivity contribution in [3.8, 4) is 0 Å². The molecule has 1 fully saturated rings. The Morgan fingerprint density at radius 1 is 1.16 bits per heavy atom. The lowest BCUT2D eigenvalue weighted by Gasteiger charge is -2.37. The number of nitrogens with zero attached hydrogens (tertiary/aromatic N) is 2. The molecule has 6 heteroatoms. The van der Waals surface area contributed by atoms with Gasteiger partial charge in [0, 0.05) is 39.9 Å². The van der Waals surface area contributed by atoms with Gasteiger partial charge in [0.25, 0.3) is 0 Å². The normalized spacial score (nSPS) is 24.0. The van der Waals surface area contributed by atoms with E-state index in [1.807, 2.05) is 20.8 Å². The molecule has 2 atom stereocenters. The Bertz CT molecular complexity index is 277. The molecule has 0 spiro atoms. The SMILES string of the molecule is COCCN1CCN(C(C)C(OC)C(C)C)C1(F)F. The summed E-state index contributed by atoms with van der Waals surface area (Å²) in [6.45, 7) is 7.05. The minimum Gasteiger partial charge on any atom is -0.383 e. The Morgan fingerprint density at radius 3 is 2.26 bits per heavy atom. The van der Waals surface area contributed by atoms with E-state index in [0.29, 0.717) is 19.7 Å². The topological polar surface area (TPSA) is 24.9 Å². The van der Waals surface area contributed by atoms with Gasteiger partial charge >= 0.3 is 6.17 Å². The van der Waals surface area contributed by atoms with Crippen LogP contribution in [0.25, 0.3) is 0 Å². The van der Waals surface area contributed by atoms with Crippen molar-refractivity contribution in [2.75, 3.05) is 40.5 Å². The molecule has 1 saturated heterocycles. The van der Waals surface area contributed by atoms with Crippen molar-refractivity contribution in [2.45, 2.75) is 39.1 Å². The lowest BCUT2D eigenvalue weighted by molar-refractivity contribution is -0.233. The van der Waals surface area contributed by atoms with Crippen LogP contribution >= 0.6 is 0 Å². The summed E-state index contributed by atoms with van der Waals surface area (Å²) in [5.74, 6) is 0.198. The fraction of sp³-hybridized carbons (Fsp3) is 1.00. The second-order valence-electron chi connectivity index (χ2n) is 5.37. The van der Waals surface area contributed by atoms with Gasteiger partial charge in [0.15, 0.2) is 0 Å². The molecule has 0 radical (unpaired) electrons. The molecule has 4 nitrogen and oxygen atoms in total. The highest BCUT2D eigenvalue weighted by molar-refractivity contribution is 4.88. The van der Waals surface area contributed by atoms with Gasteiger partial charge in [-0.3, -0.25) is 0 Å². The maximum absolute atomic E-state index is 14.3. The van der Waals surface area contributed by atoms with E-state index in [4.69, 9.17) is 9.47 Å². The molecule has 1 rings (SSSR count). The molecule has 0 aromatic carbocycles. The number of hydrogen-bond donors (Lipinski definition) is 0. The highest BCUT2D eigenvalue weighted by Gasteiger charge is 2.51. The quantitative estimate of drug-likeness (QED) is 0.665. The summed E-state index contributed by atoms with van der Waals surface area (Å²) < 4.78 is 39.0. The highest BCUT2D eigenvalue weighted by atomic mass is 19.3. The molecule has 0 N–H and O–H groups in total. The minimum atomic E-state index is -2.93. The first-order valence-corrected chi connectivity index (χ1v) is 6.77. The first-order chi connectivity index (χ1) is 8.86.